The third kappa shape index (κ3) is 3.58. The van der Waals surface area contributed by atoms with Crippen LogP contribution in [-0.2, 0) is 13.1 Å². The molecule has 0 unspecified atom stereocenters. The molecule has 3 heterocycles. The van der Waals surface area contributed by atoms with Gasteiger partial charge in [0.1, 0.15) is 5.82 Å². The van der Waals surface area contributed by atoms with E-state index in [1.54, 1.807) is 12.3 Å². The lowest BCUT2D eigenvalue weighted by Crippen LogP contribution is -2.45. The Morgan fingerprint density at radius 3 is 2.85 bits per heavy atom. The third-order valence-electron chi connectivity index (χ3n) is 5.19. The summed E-state index contributed by atoms with van der Waals surface area (Å²) < 4.78 is 16.0. The molecule has 0 aliphatic carbocycles. The van der Waals surface area contributed by atoms with Gasteiger partial charge in [0.05, 0.1) is 11.7 Å². The van der Waals surface area contributed by atoms with Gasteiger partial charge in [0.25, 0.3) is 0 Å². The maximum absolute atomic E-state index is 14.0. The number of hydrogen-bond acceptors (Lipinski definition) is 3. The number of aromatic nitrogens is 2. The smallest absolute Gasteiger partial charge is 0.317 e. The van der Waals surface area contributed by atoms with Crippen molar-refractivity contribution in [1.82, 2.24) is 24.9 Å². The second kappa shape index (κ2) is 7.45. The van der Waals surface area contributed by atoms with Crippen LogP contribution in [0.15, 0.2) is 36.5 Å². The highest BCUT2D eigenvalue weighted by Gasteiger charge is 2.27. The van der Waals surface area contributed by atoms with E-state index in [0.717, 1.165) is 44.7 Å². The number of urea groups is 1. The van der Waals surface area contributed by atoms with E-state index in [2.05, 4.69) is 15.3 Å². The third-order valence-corrected chi connectivity index (χ3v) is 5.19. The summed E-state index contributed by atoms with van der Waals surface area (Å²) in [5.41, 5.74) is 1.79. The maximum atomic E-state index is 14.0. The molecule has 0 saturated carbocycles. The van der Waals surface area contributed by atoms with Gasteiger partial charge in [0.2, 0.25) is 0 Å². The second-order valence-electron chi connectivity index (χ2n) is 7.06. The number of halogens is 1. The van der Waals surface area contributed by atoms with E-state index >= 15 is 0 Å². The van der Waals surface area contributed by atoms with E-state index in [1.807, 2.05) is 27.8 Å². The Balaban J connectivity index is 1.42. The van der Waals surface area contributed by atoms with Crippen LogP contribution in [0, 0.1) is 5.82 Å². The molecule has 1 N–H and O–H groups in total. The number of nitrogens with one attached hydrogen (secondary N) is 1. The molecule has 0 bridgehead atoms. The molecule has 26 heavy (non-hydrogen) atoms. The molecule has 4 rings (SSSR count). The molecule has 0 spiro atoms. The van der Waals surface area contributed by atoms with Crippen molar-refractivity contribution >= 4 is 6.03 Å². The molecule has 1 saturated heterocycles. The summed E-state index contributed by atoms with van der Waals surface area (Å²) in [5.74, 6) is -0.175. The number of carbonyl (C=O) groups excluding carboxylic acids is 1. The molecule has 0 radical (unpaired) electrons. The van der Waals surface area contributed by atoms with Gasteiger partial charge in [0.15, 0.2) is 0 Å². The fourth-order valence-corrected chi connectivity index (χ4v) is 3.84. The molecule has 2 aliphatic heterocycles. The van der Waals surface area contributed by atoms with Gasteiger partial charge in [-0.25, -0.2) is 9.18 Å². The molecule has 138 valence electrons. The van der Waals surface area contributed by atoms with Gasteiger partial charge in [-0.2, -0.15) is 5.10 Å². The minimum Gasteiger partial charge on any atom is -0.336 e. The zero-order valence-corrected chi connectivity index (χ0v) is 14.8. The summed E-state index contributed by atoms with van der Waals surface area (Å²) >= 11 is 0. The zero-order chi connectivity index (χ0) is 17.9. The molecular weight excluding hydrogens is 333 g/mol. The molecule has 1 aromatic heterocycles. The van der Waals surface area contributed by atoms with Crippen molar-refractivity contribution in [3.63, 3.8) is 0 Å². The summed E-state index contributed by atoms with van der Waals surface area (Å²) in [5, 5.41) is 7.47. The molecule has 1 fully saturated rings. The number of amides is 2. The lowest BCUT2D eigenvalue weighted by Gasteiger charge is -2.34. The highest BCUT2D eigenvalue weighted by atomic mass is 19.1. The molecular formula is C19H24FN5O. The van der Waals surface area contributed by atoms with Crippen LogP contribution < -0.4 is 5.32 Å². The van der Waals surface area contributed by atoms with E-state index in [4.69, 9.17) is 0 Å². The molecule has 2 aliphatic rings. The van der Waals surface area contributed by atoms with Crippen LogP contribution in [-0.4, -0.2) is 51.8 Å². The normalized spacial score (nSPS) is 20.2. The van der Waals surface area contributed by atoms with Crippen molar-refractivity contribution in [3.05, 3.63) is 53.6 Å². The van der Waals surface area contributed by atoms with Crippen molar-refractivity contribution < 1.29 is 9.18 Å². The quantitative estimate of drug-likeness (QED) is 0.914. The van der Waals surface area contributed by atoms with Crippen LogP contribution >= 0.6 is 0 Å². The number of hydrogen-bond donors (Lipinski definition) is 1. The number of carbonyl (C=O) groups is 1. The van der Waals surface area contributed by atoms with Crippen molar-refractivity contribution in [2.45, 2.75) is 32.0 Å². The van der Waals surface area contributed by atoms with Gasteiger partial charge in [-0.15, -0.1) is 0 Å². The predicted molar refractivity (Wildman–Crippen MR) is 96.0 cm³/mol. The highest BCUT2D eigenvalue weighted by Crippen LogP contribution is 2.22. The fourth-order valence-electron chi connectivity index (χ4n) is 3.84. The monoisotopic (exact) mass is 357 g/mol. The van der Waals surface area contributed by atoms with Gasteiger partial charge in [-0.3, -0.25) is 9.58 Å². The average Bonchev–Trinajstić information content (AvgIpc) is 3.33. The van der Waals surface area contributed by atoms with E-state index in [9.17, 15) is 9.18 Å². The Kier molecular flexibility index (Phi) is 4.88. The first-order chi connectivity index (χ1) is 12.7. The van der Waals surface area contributed by atoms with Crippen molar-refractivity contribution in [3.8, 4) is 0 Å². The van der Waals surface area contributed by atoms with Crippen molar-refractivity contribution in [1.29, 1.82) is 0 Å². The zero-order valence-electron chi connectivity index (χ0n) is 14.8. The second-order valence-corrected chi connectivity index (χ2v) is 7.06. The Morgan fingerprint density at radius 2 is 2.04 bits per heavy atom. The lowest BCUT2D eigenvalue weighted by atomic mass is 10.1. The molecule has 6 nitrogen and oxygen atoms in total. The molecule has 7 heteroatoms. The standard InChI is InChI=1S/C19H24FN5O/c20-18-6-2-1-5-15(18)12-23-13-16-7-8-22-25(16)17(14-23)11-21-19(26)24-9-3-4-10-24/h1-2,5-8,17H,3-4,9-14H2,(H,21,26)/t17-/m1/s1. The van der Waals surface area contributed by atoms with E-state index in [0.29, 0.717) is 18.7 Å². The first-order valence-corrected chi connectivity index (χ1v) is 9.21. The largest absolute Gasteiger partial charge is 0.336 e. The predicted octanol–water partition coefficient (Wildman–Crippen LogP) is 2.38. The summed E-state index contributed by atoms with van der Waals surface area (Å²) in [6, 6.07) is 8.93. The summed E-state index contributed by atoms with van der Waals surface area (Å²) in [6.45, 7) is 4.20. The highest BCUT2D eigenvalue weighted by molar-refractivity contribution is 5.74. The topological polar surface area (TPSA) is 53.4 Å². The number of rotatable bonds is 4. The van der Waals surface area contributed by atoms with Crippen molar-refractivity contribution in [2.24, 2.45) is 0 Å². The summed E-state index contributed by atoms with van der Waals surface area (Å²) in [4.78, 5) is 16.4. The van der Waals surface area contributed by atoms with Crippen LogP contribution in [0.3, 0.4) is 0 Å². The van der Waals surface area contributed by atoms with Gasteiger partial charge in [0, 0.05) is 51.0 Å². The van der Waals surface area contributed by atoms with E-state index < -0.39 is 0 Å². The Labute approximate surface area is 152 Å². The fraction of sp³-hybridized carbons (Fsp3) is 0.474. The van der Waals surface area contributed by atoms with Crippen LogP contribution in [0.1, 0.15) is 30.1 Å². The van der Waals surface area contributed by atoms with Gasteiger partial charge >= 0.3 is 6.03 Å². The Bertz CT molecular complexity index is 771. The lowest BCUT2D eigenvalue weighted by molar-refractivity contribution is 0.159. The molecule has 1 aromatic carbocycles. The molecule has 1 atom stereocenters. The van der Waals surface area contributed by atoms with Crippen LogP contribution in [0.4, 0.5) is 9.18 Å². The van der Waals surface area contributed by atoms with Gasteiger partial charge in [-0.1, -0.05) is 18.2 Å². The van der Waals surface area contributed by atoms with Gasteiger partial charge in [-0.05, 0) is 25.0 Å². The Hall–Kier alpha value is -2.41. The van der Waals surface area contributed by atoms with E-state index in [1.165, 1.54) is 6.07 Å². The number of nitrogens with zero attached hydrogens (tertiary/aromatic N) is 4. The minimum atomic E-state index is -0.175. The van der Waals surface area contributed by atoms with Gasteiger partial charge < -0.3 is 10.2 Å². The number of fused-ring (bicyclic) bond motifs is 1. The van der Waals surface area contributed by atoms with Crippen molar-refractivity contribution in [2.75, 3.05) is 26.2 Å². The van der Waals surface area contributed by atoms with Crippen LogP contribution in [0.5, 0.6) is 0 Å². The summed E-state index contributed by atoms with van der Waals surface area (Å²) in [7, 11) is 0. The van der Waals surface area contributed by atoms with E-state index in [-0.39, 0.29) is 17.9 Å². The van der Waals surface area contributed by atoms with Crippen LogP contribution in [0.25, 0.3) is 0 Å². The SMILES string of the molecule is O=C(NC[C@@H]1CN(Cc2ccccc2F)Cc2ccnn21)N1CCCC1. The average molecular weight is 357 g/mol. The minimum absolute atomic E-state index is 0.00225. The first-order valence-electron chi connectivity index (χ1n) is 9.21. The number of benzene rings is 1. The molecule has 2 amide bonds. The first kappa shape index (κ1) is 17.0. The summed E-state index contributed by atoms with van der Waals surface area (Å²) in [6.07, 6.45) is 3.95. The Morgan fingerprint density at radius 1 is 1.23 bits per heavy atom. The maximum Gasteiger partial charge on any atom is 0.317 e. The molecule has 2 aromatic rings. The van der Waals surface area contributed by atoms with Crippen LogP contribution in [0.2, 0.25) is 0 Å². The number of likely N-dealkylation sites (tertiary alicyclic amines) is 1.